The summed E-state index contributed by atoms with van der Waals surface area (Å²) in [5.74, 6) is -2.48. The van der Waals surface area contributed by atoms with Gasteiger partial charge in [0.25, 0.3) is 5.91 Å². The minimum absolute atomic E-state index is 0.0486. The van der Waals surface area contributed by atoms with Crippen LogP contribution in [0.4, 0.5) is 20.2 Å². The topological polar surface area (TPSA) is 64.3 Å². The quantitative estimate of drug-likeness (QED) is 0.852. The Kier molecular flexibility index (Phi) is 4.59. The standard InChI is InChI=1S/C14H11ClF2N2O2/c15-10-5-8(18)1-4-13(10)19-14(20)7-21-9-2-3-11(16)12(17)6-9/h1-6H,7,18H2,(H,19,20). The molecule has 1 amide bonds. The molecule has 2 aromatic carbocycles. The SMILES string of the molecule is Nc1ccc(NC(=O)COc2ccc(F)c(F)c2)c(Cl)c1. The van der Waals surface area contributed by atoms with Crippen LogP contribution in [0.2, 0.25) is 5.02 Å². The molecule has 0 radical (unpaired) electrons. The van der Waals surface area contributed by atoms with Crippen LogP contribution in [-0.4, -0.2) is 12.5 Å². The summed E-state index contributed by atoms with van der Waals surface area (Å²) < 4.78 is 30.7. The van der Waals surface area contributed by atoms with Crippen LogP contribution in [0.1, 0.15) is 0 Å². The molecule has 0 heterocycles. The molecule has 0 spiro atoms. The minimum atomic E-state index is -1.05. The summed E-state index contributed by atoms with van der Waals surface area (Å²) in [4.78, 5) is 11.7. The third kappa shape index (κ3) is 4.06. The molecule has 3 N–H and O–H groups in total. The molecule has 0 atom stereocenters. The van der Waals surface area contributed by atoms with Crippen molar-refractivity contribution in [1.82, 2.24) is 0 Å². The smallest absolute Gasteiger partial charge is 0.262 e. The van der Waals surface area contributed by atoms with Crippen molar-refractivity contribution in [2.24, 2.45) is 0 Å². The van der Waals surface area contributed by atoms with E-state index in [1.165, 1.54) is 12.1 Å². The summed E-state index contributed by atoms with van der Waals surface area (Å²) in [6.45, 7) is -0.369. The molecule has 0 fully saturated rings. The van der Waals surface area contributed by atoms with Crippen LogP contribution in [0.15, 0.2) is 36.4 Å². The Morgan fingerprint density at radius 1 is 1.19 bits per heavy atom. The summed E-state index contributed by atoms with van der Waals surface area (Å²) in [6.07, 6.45) is 0. The van der Waals surface area contributed by atoms with E-state index in [9.17, 15) is 13.6 Å². The van der Waals surface area contributed by atoms with E-state index in [1.807, 2.05) is 0 Å². The first-order chi connectivity index (χ1) is 9.95. The number of hydrogen-bond acceptors (Lipinski definition) is 3. The summed E-state index contributed by atoms with van der Waals surface area (Å²) in [6, 6.07) is 7.62. The molecule has 2 rings (SSSR count). The number of hydrogen-bond donors (Lipinski definition) is 2. The molecule has 21 heavy (non-hydrogen) atoms. The number of benzene rings is 2. The lowest BCUT2D eigenvalue weighted by Gasteiger charge is -2.09. The van der Waals surface area contributed by atoms with Crippen molar-refractivity contribution < 1.29 is 18.3 Å². The van der Waals surface area contributed by atoms with Gasteiger partial charge < -0.3 is 15.8 Å². The molecule has 0 aliphatic heterocycles. The van der Waals surface area contributed by atoms with E-state index in [1.54, 1.807) is 12.1 Å². The van der Waals surface area contributed by atoms with Gasteiger partial charge in [-0.1, -0.05) is 11.6 Å². The third-order valence-corrected chi connectivity index (χ3v) is 2.84. The van der Waals surface area contributed by atoms with Crippen LogP contribution in [0.25, 0.3) is 0 Å². The maximum atomic E-state index is 13.0. The van der Waals surface area contributed by atoms with Gasteiger partial charge in [0.2, 0.25) is 0 Å². The number of anilines is 2. The van der Waals surface area contributed by atoms with Gasteiger partial charge in [0.1, 0.15) is 5.75 Å². The van der Waals surface area contributed by atoms with Crippen LogP contribution in [0, 0.1) is 11.6 Å². The predicted octanol–water partition coefficient (Wildman–Crippen LogP) is 3.22. The number of halogens is 3. The number of nitrogens with two attached hydrogens (primary N) is 1. The molecule has 0 unspecified atom stereocenters. The van der Waals surface area contributed by atoms with Gasteiger partial charge in [0.15, 0.2) is 18.2 Å². The van der Waals surface area contributed by atoms with E-state index in [0.717, 1.165) is 12.1 Å². The normalized spacial score (nSPS) is 10.2. The highest BCUT2D eigenvalue weighted by molar-refractivity contribution is 6.34. The number of amides is 1. The van der Waals surface area contributed by atoms with Crippen molar-refractivity contribution in [3.63, 3.8) is 0 Å². The molecule has 110 valence electrons. The van der Waals surface area contributed by atoms with Gasteiger partial charge in [-0.25, -0.2) is 8.78 Å². The Morgan fingerprint density at radius 2 is 1.95 bits per heavy atom. The Hall–Kier alpha value is -2.34. The number of carbonyl (C=O) groups is 1. The molecule has 0 saturated carbocycles. The van der Waals surface area contributed by atoms with E-state index in [4.69, 9.17) is 22.1 Å². The Labute approximate surface area is 124 Å². The third-order valence-electron chi connectivity index (χ3n) is 2.53. The average molecular weight is 313 g/mol. The summed E-state index contributed by atoms with van der Waals surface area (Å²) >= 11 is 5.90. The fraction of sp³-hybridized carbons (Fsp3) is 0.0714. The zero-order chi connectivity index (χ0) is 15.4. The molecular weight excluding hydrogens is 302 g/mol. The largest absolute Gasteiger partial charge is 0.484 e. The number of ether oxygens (including phenoxy) is 1. The van der Waals surface area contributed by atoms with E-state index >= 15 is 0 Å². The fourth-order valence-corrected chi connectivity index (χ4v) is 1.77. The first-order valence-electron chi connectivity index (χ1n) is 5.88. The van der Waals surface area contributed by atoms with Gasteiger partial charge in [-0.15, -0.1) is 0 Å². The zero-order valence-electron chi connectivity index (χ0n) is 10.7. The molecule has 7 heteroatoms. The molecule has 0 bridgehead atoms. The molecule has 0 saturated heterocycles. The van der Waals surface area contributed by atoms with Crippen molar-refractivity contribution >= 4 is 28.9 Å². The van der Waals surface area contributed by atoms with Crippen molar-refractivity contribution in [2.75, 3.05) is 17.7 Å². The van der Waals surface area contributed by atoms with Gasteiger partial charge >= 0.3 is 0 Å². The lowest BCUT2D eigenvalue weighted by Crippen LogP contribution is -2.20. The van der Waals surface area contributed by atoms with Crippen LogP contribution < -0.4 is 15.8 Å². The van der Waals surface area contributed by atoms with Crippen molar-refractivity contribution in [3.05, 3.63) is 53.1 Å². The van der Waals surface area contributed by atoms with E-state index < -0.39 is 17.5 Å². The Morgan fingerprint density at radius 3 is 2.62 bits per heavy atom. The predicted molar refractivity (Wildman–Crippen MR) is 76.3 cm³/mol. The molecule has 0 aliphatic rings. The first-order valence-corrected chi connectivity index (χ1v) is 6.26. The number of nitrogens with one attached hydrogen (secondary N) is 1. The van der Waals surface area contributed by atoms with Crippen LogP contribution >= 0.6 is 11.6 Å². The van der Waals surface area contributed by atoms with Gasteiger partial charge in [0, 0.05) is 11.8 Å². The fourth-order valence-electron chi connectivity index (χ4n) is 1.53. The van der Waals surface area contributed by atoms with Crippen LogP contribution in [0.3, 0.4) is 0 Å². The Bertz CT molecular complexity index is 680. The molecule has 2 aromatic rings. The monoisotopic (exact) mass is 312 g/mol. The second-order valence-corrected chi connectivity index (χ2v) is 4.56. The van der Waals surface area contributed by atoms with E-state index in [0.29, 0.717) is 11.4 Å². The number of rotatable bonds is 4. The molecule has 4 nitrogen and oxygen atoms in total. The lowest BCUT2D eigenvalue weighted by atomic mass is 10.3. The number of nitrogen functional groups attached to an aromatic ring is 1. The summed E-state index contributed by atoms with van der Waals surface area (Å²) in [5.41, 5.74) is 6.38. The second kappa shape index (κ2) is 6.41. The Balaban J connectivity index is 1.94. The molecule has 0 aliphatic carbocycles. The van der Waals surface area contributed by atoms with Gasteiger partial charge in [-0.3, -0.25) is 4.79 Å². The maximum absolute atomic E-state index is 13.0. The minimum Gasteiger partial charge on any atom is -0.484 e. The van der Waals surface area contributed by atoms with Gasteiger partial charge in [-0.05, 0) is 30.3 Å². The maximum Gasteiger partial charge on any atom is 0.262 e. The lowest BCUT2D eigenvalue weighted by molar-refractivity contribution is -0.118. The van der Waals surface area contributed by atoms with E-state index in [2.05, 4.69) is 5.32 Å². The van der Waals surface area contributed by atoms with Gasteiger partial charge in [0.05, 0.1) is 10.7 Å². The zero-order valence-corrected chi connectivity index (χ0v) is 11.5. The van der Waals surface area contributed by atoms with Crippen molar-refractivity contribution in [3.8, 4) is 5.75 Å². The van der Waals surface area contributed by atoms with Crippen LogP contribution in [0.5, 0.6) is 5.75 Å². The average Bonchev–Trinajstić information content (AvgIpc) is 2.43. The highest BCUT2D eigenvalue weighted by atomic mass is 35.5. The molecule has 0 aromatic heterocycles. The van der Waals surface area contributed by atoms with Gasteiger partial charge in [-0.2, -0.15) is 0 Å². The van der Waals surface area contributed by atoms with Crippen molar-refractivity contribution in [1.29, 1.82) is 0 Å². The van der Waals surface area contributed by atoms with Crippen LogP contribution in [-0.2, 0) is 4.79 Å². The number of carbonyl (C=O) groups excluding carboxylic acids is 1. The second-order valence-electron chi connectivity index (χ2n) is 4.15. The first kappa shape index (κ1) is 15.1. The summed E-state index contributed by atoms with van der Waals surface area (Å²) in [7, 11) is 0. The summed E-state index contributed by atoms with van der Waals surface area (Å²) in [5, 5.41) is 2.80. The highest BCUT2D eigenvalue weighted by Gasteiger charge is 2.08. The highest BCUT2D eigenvalue weighted by Crippen LogP contribution is 2.24. The van der Waals surface area contributed by atoms with Crippen molar-refractivity contribution in [2.45, 2.75) is 0 Å². The van der Waals surface area contributed by atoms with E-state index in [-0.39, 0.29) is 17.4 Å². The molecular formula is C14H11ClF2N2O2.